The first-order valence-electron chi connectivity index (χ1n) is 4.99. The van der Waals surface area contributed by atoms with E-state index in [-0.39, 0.29) is 27.1 Å². The van der Waals surface area contributed by atoms with E-state index in [0.717, 1.165) is 6.07 Å². The fourth-order valence-corrected chi connectivity index (χ4v) is 1.84. The monoisotopic (exact) mass is 299 g/mol. The van der Waals surface area contributed by atoms with Crippen molar-refractivity contribution in [3.8, 4) is 6.07 Å². The van der Waals surface area contributed by atoms with E-state index < -0.39 is 11.6 Å². The van der Waals surface area contributed by atoms with Crippen molar-refractivity contribution in [3.05, 3.63) is 51.6 Å². The SMILES string of the molecule is N#Cc1ccnc(Nc2c(F)cc(F)cc2Cl)c1Cl. The summed E-state index contributed by atoms with van der Waals surface area (Å²) in [6.07, 6.45) is 1.34. The molecule has 3 nitrogen and oxygen atoms in total. The topological polar surface area (TPSA) is 48.7 Å². The molecule has 19 heavy (non-hydrogen) atoms. The number of nitrogens with one attached hydrogen (secondary N) is 1. The highest BCUT2D eigenvalue weighted by molar-refractivity contribution is 6.35. The molecule has 0 spiro atoms. The number of hydrogen-bond donors (Lipinski definition) is 1. The number of benzene rings is 1. The number of hydrogen-bond acceptors (Lipinski definition) is 3. The van der Waals surface area contributed by atoms with Gasteiger partial charge in [0.15, 0.2) is 11.6 Å². The number of anilines is 2. The predicted octanol–water partition coefficient (Wildman–Crippen LogP) is 4.28. The number of nitriles is 1. The minimum atomic E-state index is -0.884. The molecule has 1 aromatic heterocycles. The molecule has 0 fully saturated rings. The molecule has 2 rings (SSSR count). The van der Waals surface area contributed by atoms with Crippen molar-refractivity contribution in [2.75, 3.05) is 5.32 Å². The lowest BCUT2D eigenvalue weighted by Crippen LogP contribution is -1.99. The zero-order valence-corrected chi connectivity index (χ0v) is 10.7. The highest BCUT2D eigenvalue weighted by atomic mass is 35.5. The van der Waals surface area contributed by atoms with Crippen molar-refractivity contribution in [3.63, 3.8) is 0 Å². The zero-order valence-electron chi connectivity index (χ0n) is 9.22. The molecule has 0 saturated carbocycles. The van der Waals surface area contributed by atoms with Gasteiger partial charge >= 0.3 is 0 Å². The molecule has 1 heterocycles. The Morgan fingerprint density at radius 3 is 2.63 bits per heavy atom. The molecule has 0 radical (unpaired) electrons. The van der Waals surface area contributed by atoms with Gasteiger partial charge in [-0.25, -0.2) is 13.8 Å². The summed E-state index contributed by atoms with van der Waals surface area (Å²) < 4.78 is 26.5. The van der Waals surface area contributed by atoms with Crippen molar-refractivity contribution in [2.45, 2.75) is 0 Å². The Morgan fingerprint density at radius 1 is 1.26 bits per heavy atom. The third-order valence-corrected chi connectivity index (χ3v) is 2.94. The Morgan fingerprint density at radius 2 is 2.00 bits per heavy atom. The van der Waals surface area contributed by atoms with Crippen LogP contribution < -0.4 is 5.32 Å². The fraction of sp³-hybridized carbons (Fsp3) is 0. The molecule has 0 atom stereocenters. The Balaban J connectivity index is 2.46. The summed E-state index contributed by atoms with van der Waals surface area (Å²) in [4.78, 5) is 3.87. The lowest BCUT2D eigenvalue weighted by atomic mass is 10.2. The van der Waals surface area contributed by atoms with E-state index >= 15 is 0 Å². The summed E-state index contributed by atoms with van der Waals surface area (Å²) in [5.74, 6) is -1.61. The van der Waals surface area contributed by atoms with Crippen LogP contribution in [0.1, 0.15) is 5.56 Å². The smallest absolute Gasteiger partial charge is 0.151 e. The molecule has 7 heteroatoms. The van der Waals surface area contributed by atoms with E-state index in [0.29, 0.717) is 6.07 Å². The highest BCUT2D eigenvalue weighted by Gasteiger charge is 2.14. The molecule has 0 aliphatic heterocycles. The van der Waals surface area contributed by atoms with Crippen LogP contribution in [0, 0.1) is 23.0 Å². The first-order valence-corrected chi connectivity index (χ1v) is 5.74. The van der Waals surface area contributed by atoms with Crippen LogP contribution in [0.25, 0.3) is 0 Å². The minimum absolute atomic E-state index is 0.0322. The maximum Gasteiger partial charge on any atom is 0.151 e. The molecule has 0 unspecified atom stereocenters. The Labute approximate surface area is 117 Å². The van der Waals surface area contributed by atoms with Gasteiger partial charge in [-0.3, -0.25) is 0 Å². The summed E-state index contributed by atoms with van der Waals surface area (Å²) in [5, 5.41) is 11.2. The lowest BCUT2D eigenvalue weighted by Gasteiger charge is -2.10. The maximum atomic E-state index is 13.6. The third-order valence-electron chi connectivity index (χ3n) is 2.26. The van der Waals surface area contributed by atoms with Crippen LogP contribution in [0.15, 0.2) is 24.4 Å². The summed E-state index contributed by atoms with van der Waals surface area (Å²) in [6.45, 7) is 0. The standard InChI is InChI=1S/C12H5Cl2F2N3/c13-8-3-7(15)4-9(16)11(8)19-12-10(14)6(5-17)1-2-18-12/h1-4H,(H,18,19). The van der Waals surface area contributed by atoms with Gasteiger partial charge in [0.2, 0.25) is 0 Å². The summed E-state index contributed by atoms with van der Waals surface area (Å²) in [7, 11) is 0. The van der Waals surface area contributed by atoms with Crippen molar-refractivity contribution >= 4 is 34.7 Å². The average molecular weight is 300 g/mol. The molecule has 0 aliphatic rings. The van der Waals surface area contributed by atoms with Gasteiger partial charge in [0.25, 0.3) is 0 Å². The van der Waals surface area contributed by atoms with Crippen LogP contribution in [0.3, 0.4) is 0 Å². The van der Waals surface area contributed by atoms with E-state index in [2.05, 4.69) is 10.3 Å². The normalized spacial score (nSPS) is 10.1. The van der Waals surface area contributed by atoms with E-state index in [9.17, 15) is 8.78 Å². The number of halogens is 4. The number of nitrogens with zero attached hydrogens (tertiary/aromatic N) is 2. The average Bonchev–Trinajstić information content (AvgIpc) is 2.35. The molecule has 1 N–H and O–H groups in total. The summed E-state index contributed by atoms with van der Waals surface area (Å²) in [6, 6.07) is 4.90. The zero-order chi connectivity index (χ0) is 14.0. The maximum absolute atomic E-state index is 13.6. The van der Waals surface area contributed by atoms with Crippen molar-refractivity contribution in [1.29, 1.82) is 5.26 Å². The minimum Gasteiger partial charge on any atom is -0.335 e. The number of aromatic nitrogens is 1. The Hall–Kier alpha value is -1.90. The quantitative estimate of drug-likeness (QED) is 0.900. The van der Waals surface area contributed by atoms with E-state index in [1.807, 2.05) is 6.07 Å². The molecular weight excluding hydrogens is 295 g/mol. The predicted molar refractivity (Wildman–Crippen MR) is 68.6 cm³/mol. The summed E-state index contributed by atoms with van der Waals surface area (Å²) in [5.41, 5.74) is 0.0189. The Bertz CT molecular complexity index is 660. The van der Waals surface area contributed by atoms with Gasteiger partial charge in [0.05, 0.1) is 16.3 Å². The number of pyridine rings is 1. The van der Waals surface area contributed by atoms with E-state index in [4.69, 9.17) is 28.5 Å². The van der Waals surface area contributed by atoms with Crippen LogP contribution in [0.5, 0.6) is 0 Å². The Kier molecular flexibility index (Phi) is 3.84. The molecule has 0 bridgehead atoms. The van der Waals surface area contributed by atoms with Gasteiger partial charge < -0.3 is 5.32 Å². The van der Waals surface area contributed by atoms with E-state index in [1.54, 1.807) is 0 Å². The van der Waals surface area contributed by atoms with Crippen molar-refractivity contribution < 1.29 is 8.78 Å². The van der Waals surface area contributed by atoms with Gasteiger partial charge in [-0.15, -0.1) is 0 Å². The first kappa shape index (κ1) is 13.5. The van der Waals surface area contributed by atoms with Crippen LogP contribution >= 0.6 is 23.2 Å². The first-order chi connectivity index (χ1) is 9.02. The van der Waals surface area contributed by atoms with Crippen molar-refractivity contribution in [2.24, 2.45) is 0 Å². The number of rotatable bonds is 2. The summed E-state index contributed by atoms with van der Waals surface area (Å²) >= 11 is 11.6. The van der Waals surface area contributed by atoms with E-state index in [1.165, 1.54) is 12.3 Å². The molecular formula is C12H5Cl2F2N3. The van der Waals surface area contributed by atoms with Gasteiger partial charge in [-0.05, 0) is 12.1 Å². The molecule has 0 aliphatic carbocycles. The van der Waals surface area contributed by atoms with Crippen LogP contribution in [-0.2, 0) is 0 Å². The van der Waals surface area contributed by atoms with Crippen LogP contribution in [0.4, 0.5) is 20.3 Å². The van der Waals surface area contributed by atoms with Gasteiger partial charge in [0, 0.05) is 12.3 Å². The molecule has 0 saturated heterocycles. The largest absolute Gasteiger partial charge is 0.335 e. The second kappa shape index (κ2) is 5.39. The van der Waals surface area contributed by atoms with Crippen LogP contribution in [-0.4, -0.2) is 4.98 Å². The highest BCUT2D eigenvalue weighted by Crippen LogP contribution is 2.32. The lowest BCUT2D eigenvalue weighted by molar-refractivity contribution is 0.586. The second-order valence-corrected chi connectivity index (χ2v) is 4.29. The van der Waals surface area contributed by atoms with Gasteiger partial charge in [-0.2, -0.15) is 5.26 Å². The third kappa shape index (κ3) is 2.75. The fourth-order valence-electron chi connectivity index (χ4n) is 1.40. The van der Waals surface area contributed by atoms with Crippen LogP contribution in [0.2, 0.25) is 10.0 Å². The van der Waals surface area contributed by atoms with Crippen molar-refractivity contribution in [1.82, 2.24) is 4.98 Å². The molecule has 96 valence electrons. The molecule has 2 aromatic rings. The van der Waals surface area contributed by atoms with Gasteiger partial charge in [-0.1, -0.05) is 23.2 Å². The van der Waals surface area contributed by atoms with Gasteiger partial charge in [0.1, 0.15) is 16.9 Å². The molecule has 1 aromatic carbocycles. The second-order valence-electron chi connectivity index (χ2n) is 3.50. The molecule has 0 amide bonds.